The van der Waals surface area contributed by atoms with Crippen LogP contribution < -0.4 is 14.9 Å². The van der Waals surface area contributed by atoms with E-state index in [4.69, 9.17) is 14.7 Å². The van der Waals surface area contributed by atoms with Crippen molar-refractivity contribution < 1.29 is 27.2 Å². The number of benzene rings is 2. The van der Waals surface area contributed by atoms with Crippen LogP contribution in [0.25, 0.3) is 16.9 Å². The number of carbonyl (C=O) groups is 1. The number of para-hydroxylation sites is 1. The van der Waals surface area contributed by atoms with E-state index in [0.29, 0.717) is 53.6 Å². The number of urea groups is 1. The fourth-order valence-corrected chi connectivity index (χ4v) is 6.82. The number of carbonyl (C=O) groups excluding carboxylic acids is 1. The summed E-state index contributed by atoms with van der Waals surface area (Å²) in [6.45, 7) is 3.07. The Balaban J connectivity index is 1.30. The van der Waals surface area contributed by atoms with E-state index in [2.05, 4.69) is 15.6 Å². The molecule has 2 aliphatic heterocycles. The zero-order valence-electron chi connectivity index (χ0n) is 24.4. The van der Waals surface area contributed by atoms with Gasteiger partial charge in [-0.3, -0.25) is 14.5 Å². The topological polar surface area (TPSA) is 131 Å². The van der Waals surface area contributed by atoms with Gasteiger partial charge in [-0.1, -0.05) is 24.3 Å². The second-order valence-corrected chi connectivity index (χ2v) is 12.7. The lowest BCUT2D eigenvalue weighted by Crippen LogP contribution is -2.42. The molecule has 0 aliphatic carbocycles. The molecule has 230 valence electrons. The Labute approximate surface area is 254 Å². The highest BCUT2D eigenvalue weighted by Gasteiger charge is 2.37. The van der Waals surface area contributed by atoms with Crippen molar-refractivity contribution in [2.45, 2.75) is 24.8 Å². The van der Waals surface area contributed by atoms with Crippen LogP contribution in [0.4, 0.5) is 20.7 Å². The van der Waals surface area contributed by atoms with Gasteiger partial charge in [0, 0.05) is 44.6 Å². The largest absolute Gasteiger partial charge is 0.383 e. The number of halogens is 1. The Morgan fingerprint density at radius 1 is 1.16 bits per heavy atom. The summed E-state index contributed by atoms with van der Waals surface area (Å²) in [5, 5.41) is 12.5. The normalized spacial score (nSPS) is 19.2. The molecule has 4 aromatic rings. The lowest BCUT2D eigenvalue weighted by atomic mass is 10.0. The fourth-order valence-electron chi connectivity index (χ4n) is 5.52. The Morgan fingerprint density at radius 3 is 2.70 bits per heavy atom. The fraction of sp³-hybridized carbons (Fsp3) is 0.300. The van der Waals surface area contributed by atoms with Gasteiger partial charge in [0.2, 0.25) is 16.0 Å². The van der Waals surface area contributed by atoms with E-state index < -0.39 is 34.1 Å². The summed E-state index contributed by atoms with van der Waals surface area (Å²) >= 11 is 0. The van der Waals surface area contributed by atoms with Gasteiger partial charge >= 0.3 is 6.03 Å². The Morgan fingerprint density at radius 2 is 1.95 bits per heavy atom. The van der Waals surface area contributed by atoms with Gasteiger partial charge in [0.15, 0.2) is 0 Å². The molecule has 0 saturated carbocycles. The van der Waals surface area contributed by atoms with Crippen molar-refractivity contribution >= 4 is 27.6 Å². The maximum Gasteiger partial charge on any atom is 0.320 e. The number of pyridine rings is 1. The summed E-state index contributed by atoms with van der Waals surface area (Å²) in [7, 11) is -0.277. The molecule has 14 heteroatoms. The Bertz CT molecular complexity index is 1800. The van der Waals surface area contributed by atoms with E-state index in [-0.39, 0.29) is 5.75 Å². The molecule has 1 saturated heterocycles. The summed E-state index contributed by atoms with van der Waals surface area (Å²) in [6.07, 6.45) is 0.713. The zero-order valence-corrected chi connectivity index (χ0v) is 25.2. The van der Waals surface area contributed by atoms with Crippen LogP contribution in [0, 0.1) is 12.9 Å². The minimum absolute atomic E-state index is 0.0912. The quantitative estimate of drug-likeness (QED) is 0.284. The van der Waals surface area contributed by atoms with Crippen LogP contribution in [0.3, 0.4) is 0 Å². The smallest absolute Gasteiger partial charge is 0.320 e. The van der Waals surface area contributed by atoms with E-state index in [1.165, 1.54) is 16.6 Å². The van der Waals surface area contributed by atoms with Crippen molar-refractivity contribution in [3.8, 4) is 16.9 Å². The number of fused-ring (bicyclic) bond motifs is 1. The average Bonchev–Trinajstić information content (AvgIpc) is 3.63. The van der Waals surface area contributed by atoms with Crippen molar-refractivity contribution in [2.75, 3.05) is 43.5 Å². The molecule has 6 rings (SSSR count). The summed E-state index contributed by atoms with van der Waals surface area (Å²) in [5.41, 5.74) is 4.59. The third kappa shape index (κ3) is 5.76. The van der Waals surface area contributed by atoms with Crippen molar-refractivity contribution in [1.82, 2.24) is 25.1 Å². The monoisotopic (exact) mass is 621 g/mol. The molecule has 2 aromatic heterocycles. The number of anilines is 2. The first-order valence-corrected chi connectivity index (χ1v) is 15.6. The standard InChI is InChI=1S/C30H32FN7O5S/c1-19-27(20-9-10-25-22(15-20)18-44(40,41)36(25)2)35-38(23-7-5-4-6-8-23)29(19)34-30(39)33-24-17-37(13-14-42-3)43-28(24)21-11-12-32-26(31)16-21/h4-12,15-16,24,28H,13-14,17-18H2,1-3H3,(H2,33,34,39)/t24-,28+/m1/s1. The van der Waals surface area contributed by atoms with E-state index in [0.717, 1.165) is 11.3 Å². The molecule has 2 N–H and O–H groups in total. The second kappa shape index (κ2) is 12.0. The van der Waals surface area contributed by atoms with Crippen LogP contribution in [0.2, 0.25) is 0 Å². The number of ether oxygens (including phenoxy) is 1. The third-order valence-corrected chi connectivity index (χ3v) is 9.48. The van der Waals surface area contributed by atoms with Crippen LogP contribution in [-0.4, -0.2) is 74.2 Å². The van der Waals surface area contributed by atoms with Crippen LogP contribution in [0.1, 0.15) is 22.8 Å². The first-order valence-electron chi connectivity index (χ1n) is 14.0. The van der Waals surface area contributed by atoms with Gasteiger partial charge in [-0.15, -0.1) is 0 Å². The van der Waals surface area contributed by atoms with E-state index in [1.807, 2.05) is 49.4 Å². The number of hydrogen-bond acceptors (Lipinski definition) is 8. The predicted octanol–water partition coefficient (Wildman–Crippen LogP) is 3.79. The molecular weight excluding hydrogens is 589 g/mol. The minimum Gasteiger partial charge on any atom is -0.383 e. The van der Waals surface area contributed by atoms with E-state index >= 15 is 0 Å². The first kappa shape index (κ1) is 29.7. The highest BCUT2D eigenvalue weighted by molar-refractivity contribution is 7.92. The maximum absolute atomic E-state index is 14.0. The van der Waals surface area contributed by atoms with Crippen LogP contribution in [0.15, 0.2) is 66.9 Å². The minimum atomic E-state index is -3.41. The highest BCUT2D eigenvalue weighted by atomic mass is 32.2. The SMILES string of the molecule is COCCN1C[C@@H](NC(=O)Nc2c(C)c(-c3ccc4c(c3)CS(=O)(=O)N4C)nn2-c2ccccc2)[C@H](c2ccnc(F)c2)O1. The Hall–Kier alpha value is -4.37. The van der Waals surface area contributed by atoms with E-state index in [9.17, 15) is 17.6 Å². The molecule has 12 nitrogen and oxygen atoms in total. The number of aromatic nitrogens is 3. The lowest BCUT2D eigenvalue weighted by molar-refractivity contribution is -0.154. The van der Waals surface area contributed by atoms with Crippen molar-refractivity contribution in [2.24, 2.45) is 0 Å². The first-order chi connectivity index (χ1) is 21.1. The van der Waals surface area contributed by atoms with Gasteiger partial charge in [-0.2, -0.15) is 14.6 Å². The second-order valence-electron chi connectivity index (χ2n) is 10.7. The average molecular weight is 622 g/mol. The number of nitrogens with zero attached hydrogens (tertiary/aromatic N) is 5. The van der Waals surface area contributed by atoms with Gasteiger partial charge < -0.3 is 10.1 Å². The van der Waals surface area contributed by atoms with E-state index in [1.54, 1.807) is 36.0 Å². The maximum atomic E-state index is 14.0. The zero-order chi connectivity index (χ0) is 31.0. The molecule has 44 heavy (non-hydrogen) atoms. The molecule has 2 atom stereocenters. The molecule has 1 fully saturated rings. The number of hydrogen-bond donors (Lipinski definition) is 2. The molecule has 2 aromatic carbocycles. The molecule has 0 bridgehead atoms. The molecule has 2 aliphatic rings. The third-order valence-electron chi connectivity index (χ3n) is 7.77. The number of hydroxylamine groups is 2. The van der Waals surface area contributed by atoms with Crippen molar-refractivity contribution in [1.29, 1.82) is 0 Å². The van der Waals surface area contributed by atoms with Crippen LogP contribution in [-0.2, 0) is 25.4 Å². The Kier molecular flexibility index (Phi) is 8.07. The van der Waals surface area contributed by atoms with Crippen LogP contribution >= 0.6 is 0 Å². The number of methoxy groups -OCH3 is 1. The molecule has 2 amide bonds. The molecule has 0 unspecified atom stereocenters. The van der Waals surface area contributed by atoms with Gasteiger partial charge in [-0.05, 0) is 54.4 Å². The van der Waals surface area contributed by atoms with Crippen molar-refractivity contribution in [3.63, 3.8) is 0 Å². The lowest BCUT2D eigenvalue weighted by Gasteiger charge is -2.19. The number of amides is 2. The summed E-state index contributed by atoms with van der Waals surface area (Å²) in [6, 6.07) is 16.7. The van der Waals surface area contributed by atoms with Gasteiger partial charge in [0.1, 0.15) is 11.9 Å². The molecule has 0 radical (unpaired) electrons. The highest BCUT2D eigenvalue weighted by Crippen LogP contribution is 2.37. The van der Waals surface area contributed by atoms with Crippen molar-refractivity contribution in [3.05, 3.63) is 89.5 Å². The summed E-state index contributed by atoms with van der Waals surface area (Å²) < 4.78 is 47.0. The summed E-state index contributed by atoms with van der Waals surface area (Å²) in [4.78, 5) is 23.2. The number of rotatable bonds is 8. The van der Waals surface area contributed by atoms with Gasteiger partial charge in [-0.25, -0.2) is 22.9 Å². The molecule has 4 heterocycles. The number of sulfonamides is 1. The van der Waals surface area contributed by atoms with Gasteiger partial charge in [0.05, 0.1) is 35.5 Å². The predicted molar refractivity (Wildman–Crippen MR) is 162 cm³/mol. The molecular formula is C30H32FN7O5S. The van der Waals surface area contributed by atoms with Crippen LogP contribution in [0.5, 0.6) is 0 Å². The van der Waals surface area contributed by atoms with Gasteiger partial charge in [0.25, 0.3) is 0 Å². The summed E-state index contributed by atoms with van der Waals surface area (Å²) in [5.74, 6) is -0.294. The molecule has 0 spiro atoms. The number of nitrogens with one attached hydrogen (secondary N) is 2.